The SMILES string of the molecule is CC(C)(C(=O)c1cc(Cl)cnc1N)N1CCCCCC1. The third-order valence-corrected chi connectivity index (χ3v) is 4.29. The maximum Gasteiger partial charge on any atom is 0.186 e. The summed E-state index contributed by atoms with van der Waals surface area (Å²) in [5.74, 6) is 0.245. The van der Waals surface area contributed by atoms with Gasteiger partial charge in [-0.2, -0.15) is 0 Å². The monoisotopic (exact) mass is 295 g/mol. The van der Waals surface area contributed by atoms with Crippen LogP contribution in [0.15, 0.2) is 12.3 Å². The summed E-state index contributed by atoms with van der Waals surface area (Å²) >= 11 is 5.94. The van der Waals surface area contributed by atoms with E-state index in [9.17, 15) is 4.79 Å². The number of hydrogen-bond donors (Lipinski definition) is 1. The molecule has 0 saturated carbocycles. The molecule has 2 rings (SSSR count). The zero-order chi connectivity index (χ0) is 14.8. The summed E-state index contributed by atoms with van der Waals surface area (Å²) in [4.78, 5) is 19.1. The van der Waals surface area contributed by atoms with Crippen molar-refractivity contribution < 1.29 is 4.79 Å². The molecule has 1 aromatic rings. The Bertz CT molecular complexity index is 494. The number of anilines is 1. The molecule has 110 valence electrons. The van der Waals surface area contributed by atoms with E-state index in [2.05, 4.69) is 9.88 Å². The molecule has 0 amide bonds. The minimum absolute atomic E-state index is 0.00750. The Morgan fingerprint density at radius 1 is 1.30 bits per heavy atom. The van der Waals surface area contributed by atoms with E-state index in [4.69, 9.17) is 17.3 Å². The van der Waals surface area contributed by atoms with Gasteiger partial charge < -0.3 is 5.73 Å². The van der Waals surface area contributed by atoms with E-state index in [1.54, 1.807) is 6.07 Å². The molecule has 0 spiro atoms. The molecule has 1 aliphatic heterocycles. The highest BCUT2D eigenvalue weighted by Crippen LogP contribution is 2.27. The molecule has 0 unspecified atom stereocenters. The van der Waals surface area contributed by atoms with E-state index in [-0.39, 0.29) is 11.6 Å². The highest BCUT2D eigenvalue weighted by Gasteiger charge is 2.36. The molecular weight excluding hydrogens is 274 g/mol. The summed E-state index contributed by atoms with van der Waals surface area (Å²) in [5, 5.41) is 0.439. The lowest BCUT2D eigenvalue weighted by Gasteiger charge is -2.36. The molecule has 1 aromatic heterocycles. The lowest BCUT2D eigenvalue weighted by atomic mass is 9.91. The molecular formula is C15H22ClN3O. The zero-order valence-electron chi connectivity index (χ0n) is 12.2. The Labute approximate surface area is 125 Å². The van der Waals surface area contributed by atoms with Crippen LogP contribution < -0.4 is 5.73 Å². The van der Waals surface area contributed by atoms with Crippen molar-refractivity contribution in [2.24, 2.45) is 0 Å². The first kappa shape index (κ1) is 15.3. The Hall–Kier alpha value is -1.13. The fourth-order valence-corrected chi connectivity index (χ4v) is 2.89. The predicted molar refractivity (Wildman–Crippen MR) is 82.1 cm³/mol. The van der Waals surface area contributed by atoms with Gasteiger partial charge in [0.2, 0.25) is 0 Å². The van der Waals surface area contributed by atoms with Crippen molar-refractivity contribution in [3.05, 3.63) is 22.8 Å². The highest BCUT2D eigenvalue weighted by atomic mass is 35.5. The molecule has 2 heterocycles. The lowest BCUT2D eigenvalue weighted by Crippen LogP contribution is -2.50. The third kappa shape index (κ3) is 3.13. The van der Waals surface area contributed by atoms with Crippen molar-refractivity contribution in [2.75, 3.05) is 18.8 Å². The second-order valence-corrected chi connectivity index (χ2v) is 6.31. The predicted octanol–water partition coefficient (Wildman–Crippen LogP) is 3.15. The van der Waals surface area contributed by atoms with Gasteiger partial charge in [-0.15, -0.1) is 0 Å². The number of nitrogen functional groups attached to an aromatic ring is 1. The van der Waals surface area contributed by atoms with Gasteiger partial charge in [-0.3, -0.25) is 9.69 Å². The molecule has 1 aliphatic rings. The second-order valence-electron chi connectivity index (χ2n) is 5.88. The number of aromatic nitrogens is 1. The van der Waals surface area contributed by atoms with Crippen LogP contribution in [-0.4, -0.2) is 34.3 Å². The van der Waals surface area contributed by atoms with E-state index in [0.29, 0.717) is 10.6 Å². The Morgan fingerprint density at radius 2 is 1.90 bits per heavy atom. The molecule has 4 nitrogen and oxygen atoms in total. The first-order chi connectivity index (χ1) is 9.43. The number of nitrogens with two attached hydrogens (primary N) is 1. The summed E-state index contributed by atoms with van der Waals surface area (Å²) in [6, 6.07) is 1.62. The molecule has 0 radical (unpaired) electrons. The first-order valence-corrected chi connectivity index (χ1v) is 7.51. The summed E-state index contributed by atoms with van der Waals surface area (Å²) in [6.45, 7) is 5.82. The van der Waals surface area contributed by atoms with Crippen LogP contribution in [0.5, 0.6) is 0 Å². The van der Waals surface area contributed by atoms with Crippen LogP contribution in [0.2, 0.25) is 5.02 Å². The quantitative estimate of drug-likeness (QED) is 0.870. The molecule has 20 heavy (non-hydrogen) atoms. The van der Waals surface area contributed by atoms with E-state index in [1.165, 1.54) is 19.0 Å². The number of hydrogen-bond acceptors (Lipinski definition) is 4. The number of rotatable bonds is 3. The largest absolute Gasteiger partial charge is 0.383 e. The van der Waals surface area contributed by atoms with Crippen molar-refractivity contribution in [2.45, 2.75) is 45.1 Å². The van der Waals surface area contributed by atoms with Gasteiger partial charge in [-0.1, -0.05) is 24.4 Å². The van der Waals surface area contributed by atoms with Crippen LogP contribution in [0.3, 0.4) is 0 Å². The maximum absolute atomic E-state index is 12.8. The molecule has 5 heteroatoms. The zero-order valence-corrected chi connectivity index (χ0v) is 12.9. The standard InChI is InChI=1S/C15H22ClN3O/c1-15(2,19-7-5-3-4-6-8-19)13(20)12-9-11(16)10-18-14(12)17/h9-10H,3-8H2,1-2H3,(H2,17,18). The van der Waals surface area contributed by atoms with Crippen molar-refractivity contribution >= 4 is 23.2 Å². The summed E-state index contributed by atoms with van der Waals surface area (Å²) < 4.78 is 0. The minimum Gasteiger partial charge on any atom is -0.383 e. The summed E-state index contributed by atoms with van der Waals surface area (Å²) in [7, 11) is 0. The van der Waals surface area contributed by atoms with E-state index >= 15 is 0 Å². The van der Waals surface area contributed by atoms with Crippen LogP contribution >= 0.6 is 11.6 Å². The number of nitrogens with zero attached hydrogens (tertiary/aromatic N) is 2. The number of likely N-dealkylation sites (tertiary alicyclic amines) is 1. The molecule has 1 saturated heterocycles. The van der Waals surface area contributed by atoms with E-state index < -0.39 is 5.54 Å². The van der Waals surface area contributed by atoms with Crippen molar-refractivity contribution in [3.63, 3.8) is 0 Å². The number of pyridine rings is 1. The normalized spacial score (nSPS) is 17.8. The van der Waals surface area contributed by atoms with Crippen LogP contribution in [0.4, 0.5) is 5.82 Å². The topological polar surface area (TPSA) is 59.2 Å². The number of carbonyl (C=O) groups is 1. The lowest BCUT2D eigenvalue weighted by molar-refractivity contribution is 0.0650. The Balaban J connectivity index is 2.27. The van der Waals surface area contributed by atoms with Gasteiger partial charge in [0, 0.05) is 6.20 Å². The van der Waals surface area contributed by atoms with Gasteiger partial charge in [0.05, 0.1) is 16.1 Å². The number of Topliss-reactive ketones (excluding diaryl/α,β-unsaturated/α-hetero) is 1. The number of ketones is 1. The second kappa shape index (κ2) is 6.10. The Kier molecular flexibility index (Phi) is 4.66. The molecule has 1 fully saturated rings. The summed E-state index contributed by atoms with van der Waals surface area (Å²) in [5.41, 5.74) is 5.68. The van der Waals surface area contributed by atoms with Crippen molar-refractivity contribution in [3.8, 4) is 0 Å². The van der Waals surface area contributed by atoms with Crippen molar-refractivity contribution in [1.29, 1.82) is 0 Å². The fraction of sp³-hybridized carbons (Fsp3) is 0.600. The average molecular weight is 296 g/mol. The maximum atomic E-state index is 12.8. The van der Waals surface area contributed by atoms with E-state index in [1.807, 2.05) is 13.8 Å². The smallest absolute Gasteiger partial charge is 0.186 e. The summed E-state index contributed by atoms with van der Waals surface area (Å²) in [6.07, 6.45) is 6.22. The average Bonchev–Trinajstić information content (AvgIpc) is 2.70. The van der Waals surface area contributed by atoms with Crippen LogP contribution in [0, 0.1) is 0 Å². The van der Waals surface area contributed by atoms with Gasteiger partial charge in [-0.25, -0.2) is 4.98 Å². The van der Waals surface area contributed by atoms with Gasteiger partial charge >= 0.3 is 0 Å². The van der Waals surface area contributed by atoms with Gasteiger partial charge in [0.15, 0.2) is 5.78 Å². The van der Waals surface area contributed by atoms with Gasteiger partial charge in [0.1, 0.15) is 5.82 Å². The first-order valence-electron chi connectivity index (χ1n) is 7.14. The van der Waals surface area contributed by atoms with Gasteiger partial charge in [0.25, 0.3) is 0 Å². The van der Waals surface area contributed by atoms with Crippen molar-refractivity contribution in [1.82, 2.24) is 9.88 Å². The molecule has 0 aromatic carbocycles. The molecule has 0 aliphatic carbocycles. The molecule has 2 N–H and O–H groups in total. The molecule has 0 bridgehead atoms. The number of carbonyl (C=O) groups excluding carboxylic acids is 1. The van der Waals surface area contributed by atoms with E-state index in [0.717, 1.165) is 25.9 Å². The minimum atomic E-state index is -0.579. The fourth-order valence-electron chi connectivity index (χ4n) is 2.73. The molecule has 0 atom stereocenters. The van der Waals surface area contributed by atoms with Gasteiger partial charge in [-0.05, 0) is 45.8 Å². The van der Waals surface area contributed by atoms with Crippen LogP contribution in [0.1, 0.15) is 49.9 Å². The van der Waals surface area contributed by atoms with Crippen LogP contribution in [-0.2, 0) is 0 Å². The Morgan fingerprint density at radius 3 is 2.50 bits per heavy atom. The number of halogens is 1. The highest BCUT2D eigenvalue weighted by molar-refractivity contribution is 6.31. The van der Waals surface area contributed by atoms with Crippen LogP contribution in [0.25, 0.3) is 0 Å². The third-order valence-electron chi connectivity index (χ3n) is 4.08.